The zero-order valence-electron chi connectivity index (χ0n) is 5.67. The smallest absolute Gasteiger partial charge is 0.175 e. The molecule has 0 radical (unpaired) electrons. The van der Waals surface area contributed by atoms with Gasteiger partial charge in [0.15, 0.2) is 11.6 Å². The van der Waals surface area contributed by atoms with Gasteiger partial charge in [-0.15, -0.1) is 0 Å². The van der Waals surface area contributed by atoms with E-state index < -0.39 is 21.9 Å². The van der Waals surface area contributed by atoms with Crippen LogP contribution in [-0.4, -0.2) is 0 Å². The van der Waals surface area contributed by atoms with Crippen molar-refractivity contribution in [2.75, 3.05) is 0 Å². The van der Waals surface area contributed by atoms with Gasteiger partial charge in [-0.3, -0.25) is 0 Å². The Morgan fingerprint density at radius 3 is 2.25 bits per heavy atom. The fraction of sp³-hybridized carbons (Fsp3) is 0.143. The number of benzene rings is 1. The van der Waals surface area contributed by atoms with Crippen LogP contribution in [0.4, 0.5) is 13.2 Å². The van der Waals surface area contributed by atoms with Crippen molar-refractivity contribution in [3.05, 3.63) is 33.6 Å². The molecule has 0 saturated carbocycles. The molecule has 5 heteroatoms. The average Bonchev–Trinajstić information content (AvgIpc) is 2.08. The van der Waals surface area contributed by atoms with E-state index in [1.807, 2.05) is 0 Å². The molecule has 0 saturated heterocycles. The summed E-state index contributed by atoms with van der Waals surface area (Å²) in [7, 11) is 0. The van der Waals surface area contributed by atoms with Crippen molar-refractivity contribution in [1.29, 1.82) is 0 Å². The van der Waals surface area contributed by atoms with E-state index in [0.29, 0.717) is 0 Å². The second kappa shape index (κ2) is 3.79. The minimum Gasteiger partial charge on any atom is -0.205 e. The van der Waals surface area contributed by atoms with Crippen molar-refractivity contribution in [3.8, 4) is 0 Å². The Hall–Kier alpha value is -0.0300. The van der Waals surface area contributed by atoms with Crippen LogP contribution < -0.4 is 0 Å². The van der Waals surface area contributed by atoms with Crippen LogP contribution >= 0.6 is 31.9 Å². The third-order valence-corrected chi connectivity index (χ3v) is 2.62. The molecule has 0 aliphatic carbocycles. The van der Waals surface area contributed by atoms with E-state index in [1.54, 1.807) is 0 Å². The molecule has 66 valence electrons. The van der Waals surface area contributed by atoms with E-state index in [-0.39, 0.29) is 10.9 Å². The first kappa shape index (κ1) is 10.1. The van der Waals surface area contributed by atoms with Crippen LogP contribution in [0.25, 0.3) is 0 Å². The summed E-state index contributed by atoms with van der Waals surface area (Å²) in [5, 5.41) is 0.147. The van der Waals surface area contributed by atoms with Gasteiger partial charge in [-0.1, -0.05) is 15.9 Å². The maximum absolute atomic E-state index is 13.0. The van der Waals surface area contributed by atoms with E-state index in [9.17, 15) is 13.2 Å². The lowest BCUT2D eigenvalue weighted by Crippen LogP contribution is -1.95. The van der Waals surface area contributed by atoms with Crippen molar-refractivity contribution >= 4 is 31.9 Å². The Kier molecular flexibility index (Phi) is 3.17. The average molecular weight is 304 g/mol. The van der Waals surface area contributed by atoms with Gasteiger partial charge in [-0.25, -0.2) is 13.2 Å². The molecule has 1 aromatic carbocycles. The largest absolute Gasteiger partial charge is 0.205 e. The normalized spacial score (nSPS) is 10.4. The van der Waals surface area contributed by atoms with Gasteiger partial charge >= 0.3 is 0 Å². The Labute approximate surface area is 84.0 Å². The molecule has 0 aliphatic heterocycles. The van der Waals surface area contributed by atoms with E-state index in [2.05, 4.69) is 31.9 Å². The fourth-order valence-electron chi connectivity index (χ4n) is 0.719. The van der Waals surface area contributed by atoms with Gasteiger partial charge in [0.2, 0.25) is 0 Å². The van der Waals surface area contributed by atoms with Crippen molar-refractivity contribution in [1.82, 2.24) is 0 Å². The van der Waals surface area contributed by atoms with Crippen LogP contribution in [0.2, 0.25) is 0 Å². The zero-order chi connectivity index (χ0) is 9.30. The summed E-state index contributed by atoms with van der Waals surface area (Å²) < 4.78 is 37.7. The Morgan fingerprint density at radius 2 is 1.75 bits per heavy atom. The first-order chi connectivity index (χ1) is 5.57. The minimum absolute atomic E-state index is 0.0841. The highest BCUT2D eigenvalue weighted by Crippen LogP contribution is 2.26. The van der Waals surface area contributed by atoms with E-state index in [0.717, 1.165) is 6.07 Å². The summed E-state index contributed by atoms with van der Waals surface area (Å²) in [6.07, 6.45) is 0. The quantitative estimate of drug-likeness (QED) is 0.421. The van der Waals surface area contributed by atoms with Gasteiger partial charge in [-0.05, 0) is 22.0 Å². The zero-order valence-corrected chi connectivity index (χ0v) is 8.85. The third-order valence-electron chi connectivity index (χ3n) is 1.32. The lowest BCUT2D eigenvalue weighted by molar-refractivity contribution is 0.484. The van der Waals surface area contributed by atoms with Crippen molar-refractivity contribution < 1.29 is 13.2 Å². The highest BCUT2D eigenvalue weighted by Gasteiger charge is 2.15. The van der Waals surface area contributed by atoms with Gasteiger partial charge in [-0.2, -0.15) is 0 Å². The Morgan fingerprint density at radius 1 is 1.17 bits per heavy atom. The molecule has 1 rings (SSSR count). The molecular weight excluding hydrogens is 301 g/mol. The fourth-order valence-corrected chi connectivity index (χ4v) is 1.57. The van der Waals surface area contributed by atoms with Crippen LogP contribution in [-0.2, 0) is 5.33 Å². The lowest BCUT2D eigenvalue weighted by Gasteiger charge is -2.02. The highest BCUT2D eigenvalue weighted by molar-refractivity contribution is 9.10. The lowest BCUT2D eigenvalue weighted by atomic mass is 10.2. The maximum Gasteiger partial charge on any atom is 0.175 e. The maximum atomic E-state index is 13.0. The second-order valence-electron chi connectivity index (χ2n) is 2.09. The highest BCUT2D eigenvalue weighted by atomic mass is 79.9. The second-order valence-corrected chi connectivity index (χ2v) is 3.45. The van der Waals surface area contributed by atoms with Gasteiger partial charge in [0, 0.05) is 10.9 Å². The molecule has 0 nitrogen and oxygen atoms in total. The number of rotatable bonds is 1. The van der Waals surface area contributed by atoms with Crippen LogP contribution in [0.5, 0.6) is 0 Å². The molecule has 0 aromatic heterocycles. The predicted molar refractivity (Wildman–Crippen MR) is 46.6 cm³/mol. The van der Waals surface area contributed by atoms with Gasteiger partial charge < -0.3 is 0 Å². The molecule has 0 aliphatic rings. The number of hydrogen-bond acceptors (Lipinski definition) is 0. The van der Waals surface area contributed by atoms with Crippen LogP contribution in [0.1, 0.15) is 5.56 Å². The summed E-state index contributed by atoms with van der Waals surface area (Å²) in [4.78, 5) is 0. The minimum atomic E-state index is -1.20. The molecule has 0 spiro atoms. The summed E-state index contributed by atoms with van der Waals surface area (Å²) in [6, 6.07) is 0.824. The van der Waals surface area contributed by atoms with Crippen LogP contribution in [0, 0.1) is 17.5 Å². The molecular formula is C7H3Br2F3. The standard InChI is InChI=1S/C7H3Br2F3/c8-2-3-1-4(10)7(12)5(9)6(3)11/h1H,2H2. The van der Waals surface area contributed by atoms with Crippen molar-refractivity contribution in [3.63, 3.8) is 0 Å². The third kappa shape index (κ3) is 1.66. The molecule has 0 amide bonds. The number of halogens is 5. The number of hydrogen-bond donors (Lipinski definition) is 0. The topological polar surface area (TPSA) is 0 Å². The summed E-state index contributed by atoms with van der Waals surface area (Å²) >= 11 is 5.56. The van der Waals surface area contributed by atoms with E-state index in [1.165, 1.54) is 0 Å². The van der Waals surface area contributed by atoms with Crippen molar-refractivity contribution in [2.24, 2.45) is 0 Å². The molecule has 0 bridgehead atoms. The molecule has 0 atom stereocenters. The van der Waals surface area contributed by atoms with Crippen LogP contribution in [0.3, 0.4) is 0 Å². The van der Waals surface area contributed by atoms with Gasteiger partial charge in [0.25, 0.3) is 0 Å². The first-order valence-electron chi connectivity index (χ1n) is 2.95. The Balaban J connectivity index is 3.39. The molecule has 0 N–H and O–H groups in total. The monoisotopic (exact) mass is 302 g/mol. The van der Waals surface area contributed by atoms with Gasteiger partial charge in [0.1, 0.15) is 5.82 Å². The molecule has 1 aromatic rings. The van der Waals surface area contributed by atoms with Crippen LogP contribution in [0.15, 0.2) is 10.5 Å². The van der Waals surface area contributed by atoms with Gasteiger partial charge in [0.05, 0.1) is 4.47 Å². The summed E-state index contributed by atoms with van der Waals surface area (Å²) in [5.41, 5.74) is 0.0841. The molecule has 12 heavy (non-hydrogen) atoms. The Bertz CT molecular complexity index is 312. The molecule has 0 heterocycles. The van der Waals surface area contributed by atoms with Crippen molar-refractivity contribution in [2.45, 2.75) is 5.33 Å². The molecule has 0 fully saturated rings. The predicted octanol–water partition coefficient (Wildman–Crippen LogP) is 3.76. The first-order valence-corrected chi connectivity index (χ1v) is 4.87. The molecule has 0 unspecified atom stereocenters. The number of alkyl halides is 1. The SMILES string of the molecule is Fc1cc(CBr)c(F)c(Br)c1F. The van der Waals surface area contributed by atoms with E-state index >= 15 is 0 Å². The summed E-state index contributed by atoms with van der Waals surface area (Å²) in [5.74, 6) is -3.03. The summed E-state index contributed by atoms with van der Waals surface area (Å²) in [6.45, 7) is 0. The van der Waals surface area contributed by atoms with E-state index in [4.69, 9.17) is 0 Å².